The molecule has 1 aliphatic heterocycles. The van der Waals surface area contributed by atoms with E-state index in [1.807, 2.05) is 46.3 Å². The number of aryl methyl sites for hydroxylation is 3. The maximum Gasteiger partial charge on any atom is 0.224 e. The quantitative estimate of drug-likeness (QED) is 0.570. The van der Waals surface area contributed by atoms with Gasteiger partial charge < -0.3 is 4.90 Å². The van der Waals surface area contributed by atoms with Crippen molar-refractivity contribution >= 4 is 17.5 Å². The number of nitrogens with zero attached hydrogens (tertiary/aromatic N) is 6. The molecule has 0 unspecified atom stereocenters. The normalized spacial score (nSPS) is 14.8. The molecule has 1 aromatic carbocycles. The van der Waals surface area contributed by atoms with E-state index in [1.54, 1.807) is 0 Å². The number of carbonyl (C=O) groups excluding carboxylic acids is 1. The Balaban J connectivity index is 1.32. The van der Waals surface area contributed by atoms with Gasteiger partial charge in [-0.05, 0) is 39.8 Å². The number of halogens is 1. The smallest absolute Gasteiger partial charge is 0.224 e. The molecule has 0 radical (unpaired) electrons. The SMILES string of the molecule is Cc1nn(CCC(=O)N2CCN(Cc3c(C)nn(-c4ccccc4)c3C)CC2)c(C)c1Cl. The Bertz CT molecular complexity index is 1100. The van der Waals surface area contributed by atoms with Gasteiger partial charge in [-0.15, -0.1) is 0 Å². The second kappa shape index (κ2) is 9.46. The maximum absolute atomic E-state index is 12.7. The lowest BCUT2D eigenvalue weighted by molar-refractivity contribution is -0.133. The van der Waals surface area contributed by atoms with Crippen LogP contribution in [0.2, 0.25) is 5.02 Å². The Hall–Kier alpha value is -2.64. The molecule has 4 rings (SSSR count). The van der Waals surface area contributed by atoms with Crippen molar-refractivity contribution in [3.05, 3.63) is 63.7 Å². The number of hydrogen-bond acceptors (Lipinski definition) is 4. The molecule has 1 fully saturated rings. The number of aromatic nitrogens is 4. The van der Waals surface area contributed by atoms with E-state index in [0.29, 0.717) is 18.0 Å². The van der Waals surface area contributed by atoms with Crippen molar-refractivity contribution < 1.29 is 4.79 Å². The molecule has 1 aliphatic rings. The maximum atomic E-state index is 12.7. The van der Waals surface area contributed by atoms with E-state index in [-0.39, 0.29) is 5.91 Å². The predicted octanol–water partition coefficient (Wildman–Crippen LogP) is 3.69. The lowest BCUT2D eigenvalue weighted by atomic mass is 10.1. The first-order valence-electron chi connectivity index (χ1n) is 11.1. The fourth-order valence-electron chi connectivity index (χ4n) is 4.36. The Morgan fingerprint density at radius 2 is 1.62 bits per heavy atom. The van der Waals surface area contributed by atoms with Gasteiger partial charge in [0.2, 0.25) is 5.91 Å². The fraction of sp³-hybridized carbons (Fsp3) is 0.458. The van der Waals surface area contributed by atoms with Gasteiger partial charge in [0.1, 0.15) is 0 Å². The van der Waals surface area contributed by atoms with E-state index in [0.717, 1.165) is 55.5 Å². The Kier molecular flexibility index (Phi) is 6.67. The first-order chi connectivity index (χ1) is 15.3. The zero-order chi connectivity index (χ0) is 22.8. The highest BCUT2D eigenvalue weighted by atomic mass is 35.5. The van der Waals surface area contributed by atoms with Crippen LogP contribution < -0.4 is 0 Å². The second-order valence-corrected chi connectivity index (χ2v) is 8.89. The molecule has 32 heavy (non-hydrogen) atoms. The third-order valence-corrected chi connectivity index (χ3v) is 6.93. The van der Waals surface area contributed by atoms with Crippen molar-refractivity contribution in [3.63, 3.8) is 0 Å². The molecule has 1 amide bonds. The van der Waals surface area contributed by atoms with Gasteiger partial charge in [0.05, 0.1) is 34.3 Å². The van der Waals surface area contributed by atoms with E-state index in [2.05, 4.69) is 36.0 Å². The molecule has 1 saturated heterocycles. The fourth-order valence-corrected chi connectivity index (χ4v) is 4.49. The first-order valence-corrected chi connectivity index (χ1v) is 11.5. The predicted molar refractivity (Wildman–Crippen MR) is 126 cm³/mol. The highest BCUT2D eigenvalue weighted by Gasteiger charge is 2.23. The molecule has 3 aromatic rings. The highest BCUT2D eigenvalue weighted by Crippen LogP contribution is 2.21. The molecule has 0 bridgehead atoms. The van der Waals surface area contributed by atoms with Crippen molar-refractivity contribution in [1.82, 2.24) is 29.4 Å². The van der Waals surface area contributed by atoms with E-state index < -0.39 is 0 Å². The molecule has 0 aliphatic carbocycles. The Morgan fingerprint density at radius 3 is 2.25 bits per heavy atom. The number of rotatable bonds is 6. The molecule has 0 N–H and O–H groups in total. The number of para-hydroxylation sites is 1. The van der Waals surface area contributed by atoms with Crippen molar-refractivity contribution in [3.8, 4) is 5.69 Å². The Labute approximate surface area is 194 Å². The molecule has 2 aromatic heterocycles. The summed E-state index contributed by atoms with van der Waals surface area (Å²) in [7, 11) is 0. The van der Waals surface area contributed by atoms with E-state index in [4.69, 9.17) is 16.7 Å². The summed E-state index contributed by atoms with van der Waals surface area (Å²) >= 11 is 6.21. The summed E-state index contributed by atoms with van der Waals surface area (Å²) in [5.41, 5.74) is 6.33. The van der Waals surface area contributed by atoms with Crippen LogP contribution in [0.5, 0.6) is 0 Å². The molecule has 0 saturated carbocycles. The van der Waals surface area contributed by atoms with Gasteiger partial charge in [-0.25, -0.2) is 4.68 Å². The minimum absolute atomic E-state index is 0.178. The van der Waals surface area contributed by atoms with Crippen molar-refractivity contribution in [1.29, 1.82) is 0 Å². The number of benzene rings is 1. The van der Waals surface area contributed by atoms with Crippen LogP contribution >= 0.6 is 11.6 Å². The van der Waals surface area contributed by atoms with Crippen LogP contribution in [0.15, 0.2) is 30.3 Å². The highest BCUT2D eigenvalue weighted by molar-refractivity contribution is 6.31. The lowest BCUT2D eigenvalue weighted by Crippen LogP contribution is -2.48. The standard InChI is InChI=1S/C24H31ClN6O/c1-17-22(19(3)31(27-17)21-8-6-5-7-9-21)16-28-12-14-29(15-13-28)23(32)10-11-30-20(4)24(25)18(2)26-30/h5-9H,10-16H2,1-4H3. The van der Waals surface area contributed by atoms with Gasteiger partial charge in [0, 0.05) is 50.4 Å². The van der Waals surface area contributed by atoms with Crippen molar-refractivity contribution in [2.45, 2.75) is 47.2 Å². The molecule has 7 nitrogen and oxygen atoms in total. The average molecular weight is 455 g/mol. The number of hydrogen-bond donors (Lipinski definition) is 0. The third kappa shape index (κ3) is 4.59. The molecule has 0 spiro atoms. The largest absolute Gasteiger partial charge is 0.340 e. The minimum atomic E-state index is 0.178. The van der Waals surface area contributed by atoms with Crippen LogP contribution in [0.3, 0.4) is 0 Å². The summed E-state index contributed by atoms with van der Waals surface area (Å²) in [6, 6.07) is 10.2. The molecule has 170 valence electrons. The van der Waals surface area contributed by atoms with Gasteiger partial charge in [0.25, 0.3) is 0 Å². The summed E-state index contributed by atoms with van der Waals surface area (Å²) in [5, 5.41) is 9.88. The van der Waals surface area contributed by atoms with Crippen LogP contribution in [-0.2, 0) is 17.9 Å². The third-order valence-electron chi connectivity index (χ3n) is 6.38. The zero-order valence-corrected chi connectivity index (χ0v) is 20.1. The van der Waals surface area contributed by atoms with Crippen molar-refractivity contribution in [2.75, 3.05) is 26.2 Å². The van der Waals surface area contributed by atoms with Crippen LogP contribution in [0.1, 0.15) is 34.8 Å². The average Bonchev–Trinajstić information content (AvgIpc) is 3.23. The van der Waals surface area contributed by atoms with Crippen LogP contribution in [0, 0.1) is 27.7 Å². The van der Waals surface area contributed by atoms with E-state index in [9.17, 15) is 4.79 Å². The number of amides is 1. The van der Waals surface area contributed by atoms with E-state index >= 15 is 0 Å². The Morgan fingerprint density at radius 1 is 0.938 bits per heavy atom. The van der Waals surface area contributed by atoms with Crippen LogP contribution in [0.4, 0.5) is 0 Å². The van der Waals surface area contributed by atoms with Crippen LogP contribution in [-0.4, -0.2) is 61.4 Å². The summed E-state index contributed by atoms with van der Waals surface area (Å²) in [4.78, 5) is 17.1. The van der Waals surface area contributed by atoms with Gasteiger partial charge >= 0.3 is 0 Å². The summed E-state index contributed by atoms with van der Waals surface area (Å²) in [6.45, 7) is 12.7. The lowest BCUT2D eigenvalue weighted by Gasteiger charge is -2.35. The summed E-state index contributed by atoms with van der Waals surface area (Å²) in [6.07, 6.45) is 0.445. The molecular formula is C24H31ClN6O. The van der Waals surface area contributed by atoms with Gasteiger partial charge in [-0.2, -0.15) is 10.2 Å². The molecule has 0 atom stereocenters. The second-order valence-electron chi connectivity index (χ2n) is 8.51. The van der Waals surface area contributed by atoms with Gasteiger partial charge in [-0.3, -0.25) is 14.4 Å². The zero-order valence-electron chi connectivity index (χ0n) is 19.3. The monoisotopic (exact) mass is 454 g/mol. The van der Waals surface area contributed by atoms with E-state index in [1.165, 1.54) is 11.3 Å². The molecule has 8 heteroatoms. The summed E-state index contributed by atoms with van der Waals surface area (Å²) < 4.78 is 3.86. The van der Waals surface area contributed by atoms with Gasteiger partial charge in [-0.1, -0.05) is 29.8 Å². The topological polar surface area (TPSA) is 59.2 Å². The number of carbonyl (C=O) groups is 1. The van der Waals surface area contributed by atoms with Gasteiger partial charge in [0.15, 0.2) is 0 Å². The molecule has 3 heterocycles. The minimum Gasteiger partial charge on any atom is -0.340 e. The van der Waals surface area contributed by atoms with Crippen LogP contribution in [0.25, 0.3) is 5.69 Å². The van der Waals surface area contributed by atoms with Crippen molar-refractivity contribution in [2.24, 2.45) is 0 Å². The first kappa shape index (κ1) is 22.6. The summed E-state index contributed by atoms with van der Waals surface area (Å²) in [5.74, 6) is 0.178. The molecular weight excluding hydrogens is 424 g/mol. The number of piperazine rings is 1.